The molecule has 0 radical (unpaired) electrons. The molecular formula is C11H25NO2S. The minimum absolute atomic E-state index is 0.0192. The van der Waals surface area contributed by atoms with Gasteiger partial charge in [-0.15, -0.1) is 0 Å². The summed E-state index contributed by atoms with van der Waals surface area (Å²) in [6, 6.07) is -0.0192. The van der Waals surface area contributed by atoms with Gasteiger partial charge in [-0.3, -0.25) is 0 Å². The second kappa shape index (κ2) is 4.06. The number of sulfonamides is 1. The third-order valence-corrected chi connectivity index (χ3v) is 5.20. The van der Waals surface area contributed by atoms with Crippen molar-refractivity contribution in [1.29, 1.82) is 0 Å². The van der Waals surface area contributed by atoms with Crippen molar-refractivity contribution in [3.8, 4) is 0 Å². The van der Waals surface area contributed by atoms with E-state index in [9.17, 15) is 8.42 Å². The molecule has 0 saturated heterocycles. The predicted molar refractivity (Wildman–Crippen MR) is 65.4 cm³/mol. The Bertz CT molecular complexity index is 304. The first-order valence-corrected chi connectivity index (χ1v) is 6.80. The molecular weight excluding hydrogens is 210 g/mol. The fraction of sp³-hybridized carbons (Fsp3) is 1.00. The van der Waals surface area contributed by atoms with Crippen LogP contribution >= 0.6 is 0 Å². The summed E-state index contributed by atoms with van der Waals surface area (Å²) >= 11 is 0. The Labute approximate surface area is 94.9 Å². The number of nitrogens with zero attached hydrogens (tertiary/aromatic N) is 1. The Hall–Kier alpha value is -0.0900. The molecule has 15 heavy (non-hydrogen) atoms. The largest absolute Gasteiger partial charge is 0.219 e. The minimum Gasteiger partial charge on any atom is -0.212 e. The number of hydrogen-bond donors (Lipinski definition) is 0. The summed E-state index contributed by atoms with van der Waals surface area (Å²) in [6.45, 7) is 14.8. The maximum atomic E-state index is 12.4. The van der Waals surface area contributed by atoms with Crippen LogP contribution in [0.3, 0.4) is 0 Å². The zero-order chi connectivity index (χ0) is 12.7. The van der Waals surface area contributed by atoms with Crippen molar-refractivity contribution in [2.45, 2.75) is 71.7 Å². The van der Waals surface area contributed by atoms with Crippen LogP contribution in [0.2, 0.25) is 0 Å². The molecule has 0 fully saturated rings. The Kier molecular flexibility index (Phi) is 4.03. The number of rotatable bonds is 2. The van der Waals surface area contributed by atoms with Crippen LogP contribution in [0.1, 0.15) is 55.4 Å². The van der Waals surface area contributed by atoms with Crippen molar-refractivity contribution >= 4 is 10.0 Å². The Balaban J connectivity index is 5.51. The van der Waals surface area contributed by atoms with Gasteiger partial charge in [-0.1, -0.05) is 0 Å². The zero-order valence-electron chi connectivity index (χ0n) is 11.2. The van der Waals surface area contributed by atoms with Gasteiger partial charge in [-0.2, -0.15) is 4.31 Å². The number of hydrogen-bond acceptors (Lipinski definition) is 2. The molecule has 0 N–H and O–H groups in total. The normalized spacial score (nSPS) is 15.1. The average Bonchev–Trinajstić information content (AvgIpc) is 1.76. The maximum Gasteiger partial charge on any atom is 0.219 e. The molecule has 0 aromatic carbocycles. The first-order valence-electron chi connectivity index (χ1n) is 5.36. The van der Waals surface area contributed by atoms with E-state index < -0.39 is 14.8 Å². The smallest absolute Gasteiger partial charge is 0.212 e. The highest BCUT2D eigenvalue weighted by atomic mass is 32.2. The molecule has 0 bridgehead atoms. The quantitative estimate of drug-likeness (QED) is 0.738. The maximum absolute atomic E-state index is 12.4. The van der Waals surface area contributed by atoms with Crippen molar-refractivity contribution in [3.63, 3.8) is 0 Å². The molecule has 0 heterocycles. The molecule has 0 aliphatic heterocycles. The molecule has 92 valence electrons. The third-order valence-electron chi connectivity index (χ3n) is 2.16. The van der Waals surface area contributed by atoms with Gasteiger partial charge in [0, 0.05) is 11.6 Å². The minimum atomic E-state index is -3.26. The van der Waals surface area contributed by atoms with Crippen LogP contribution in [-0.2, 0) is 10.0 Å². The van der Waals surface area contributed by atoms with Crippen molar-refractivity contribution < 1.29 is 8.42 Å². The predicted octanol–water partition coefficient (Wildman–Crippen LogP) is 2.62. The molecule has 4 heteroatoms. The monoisotopic (exact) mass is 235 g/mol. The van der Waals surface area contributed by atoms with E-state index in [1.807, 2.05) is 34.6 Å². The molecule has 3 nitrogen and oxygen atoms in total. The molecule has 0 aromatic heterocycles. The van der Waals surface area contributed by atoms with Gasteiger partial charge in [0.25, 0.3) is 0 Å². The zero-order valence-corrected chi connectivity index (χ0v) is 12.1. The van der Waals surface area contributed by atoms with E-state index in [2.05, 4.69) is 0 Å². The SMILES string of the molecule is CC(C)N(C(C)(C)C)S(=O)(=O)C(C)(C)C. The summed E-state index contributed by atoms with van der Waals surface area (Å²) in [7, 11) is -3.26. The molecule has 0 atom stereocenters. The molecule has 0 aromatic rings. The highest BCUT2D eigenvalue weighted by molar-refractivity contribution is 7.90. The van der Waals surface area contributed by atoms with Gasteiger partial charge in [-0.25, -0.2) is 8.42 Å². The van der Waals surface area contributed by atoms with E-state index in [0.717, 1.165) is 0 Å². The lowest BCUT2D eigenvalue weighted by atomic mass is 10.1. The van der Waals surface area contributed by atoms with Crippen molar-refractivity contribution in [2.24, 2.45) is 0 Å². The first-order chi connectivity index (χ1) is 6.32. The van der Waals surface area contributed by atoms with Crippen LogP contribution in [0.5, 0.6) is 0 Å². The van der Waals surface area contributed by atoms with Crippen molar-refractivity contribution in [1.82, 2.24) is 4.31 Å². The van der Waals surface area contributed by atoms with Gasteiger partial charge >= 0.3 is 0 Å². The molecule has 0 aliphatic rings. The van der Waals surface area contributed by atoms with Crippen LogP contribution in [0, 0.1) is 0 Å². The summed E-state index contributed by atoms with van der Waals surface area (Å²) < 4.78 is 25.6. The van der Waals surface area contributed by atoms with Gasteiger partial charge in [0.15, 0.2) is 0 Å². The van der Waals surface area contributed by atoms with E-state index in [1.165, 1.54) is 0 Å². The fourth-order valence-corrected chi connectivity index (χ4v) is 3.57. The van der Waals surface area contributed by atoms with Crippen LogP contribution in [0.25, 0.3) is 0 Å². The average molecular weight is 235 g/mol. The molecule has 0 saturated carbocycles. The Morgan fingerprint density at radius 1 is 0.933 bits per heavy atom. The summed E-state index contributed by atoms with van der Waals surface area (Å²) in [5.41, 5.74) is -0.375. The molecule has 0 unspecified atom stereocenters. The third kappa shape index (κ3) is 3.18. The lowest BCUT2D eigenvalue weighted by molar-refractivity contribution is 0.204. The highest BCUT2D eigenvalue weighted by Gasteiger charge is 2.42. The van der Waals surface area contributed by atoms with Gasteiger partial charge in [-0.05, 0) is 55.4 Å². The lowest BCUT2D eigenvalue weighted by Crippen LogP contribution is -2.54. The van der Waals surface area contributed by atoms with Crippen LogP contribution in [0.15, 0.2) is 0 Å². The van der Waals surface area contributed by atoms with Crippen molar-refractivity contribution in [3.05, 3.63) is 0 Å². The fourth-order valence-electron chi connectivity index (χ4n) is 1.71. The van der Waals surface area contributed by atoms with Crippen LogP contribution < -0.4 is 0 Å². The topological polar surface area (TPSA) is 37.4 Å². The van der Waals surface area contributed by atoms with Crippen molar-refractivity contribution in [2.75, 3.05) is 0 Å². The molecule has 0 rings (SSSR count). The second-order valence-corrected chi connectivity index (χ2v) is 8.75. The first kappa shape index (κ1) is 14.9. The molecule has 0 aliphatic carbocycles. The van der Waals surface area contributed by atoms with Gasteiger partial charge < -0.3 is 0 Å². The Morgan fingerprint density at radius 2 is 1.27 bits per heavy atom. The van der Waals surface area contributed by atoms with E-state index in [4.69, 9.17) is 0 Å². The van der Waals surface area contributed by atoms with Gasteiger partial charge in [0.1, 0.15) is 0 Å². The van der Waals surface area contributed by atoms with E-state index in [-0.39, 0.29) is 11.6 Å². The summed E-state index contributed by atoms with van der Waals surface area (Å²) in [5, 5.41) is 0. The van der Waals surface area contributed by atoms with Gasteiger partial charge in [0.2, 0.25) is 10.0 Å². The Morgan fingerprint density at radius 3 is 1.33 bits per heavy atom. The molecule has 0 amide bonds. The van der Waals surface area contributed by atoms with E-state index in [0.29, 0.717) is 0 Å². The van der Waals surface area contributed by atoms with Gasteiger partial charge in [0.05, 0.1) is 4.75 Å². The standard InChI is InChI=1S/C11H25NO2S/c1-9(2)12(10(3,4)5)15(13,14)11(6,7)8/h9H,1-8H3. The molecule has 0 spiro atoms. The van der Waals surface area contributed by atoms with E-state index >= 15 is 0 Å². The van der Waals surface area contributed by atoms with E-state index in [1.54, 1.807) is 25.1 Å². The second-order valence-electron chi connectivity index (χ2n) is 6.18. The summed E-state index contributed by atoms with van der Waals surface area (Å²) in [5.74, 6) is 0. The van der Waals surface area contributed by atoms with Crippen LogP contribution in [0.4, 0.5) is 0 Å². The summed E-state index contributed by atoms with van der Waals surface area (Å²) in [4.78, 5) is 0. The lowest BCUT2D eigenvalue weighted by Gasteiger charge is -2.41. The van der Waals surface area contributed by atoms with Crippen LogP contribution in [-0.4, -0.2) is 29.1 Å². The summed E-state index contributed by atoms with van der Waals surface area (Å²) in [6.07, 6.45) is 0. The highest BCUT2D eigenvalue weighted by Crippen LogP contribution is 2.29.